The summed E-state index contributed by atoms with van der Waals surface area (Å²) >= 11 is 3.51. The van der Waals surface area contributed by atoms with Crippen LogP contribution in [0.15, 0.2) is 41.1 Å². The molecule has 2 heteroatoms. The van der Waals surface area contributed by atoms with E-state index in [1.54, 1.807) is 22.7 Å². The minimum atomic E-state index is 1.13. The van der Waals surface area contributed by atoms with Crippen molar-refractivity contribution < 1.29 is 0 Å². The summed E-state index contributed by atoms with van der Waals surface area (Å²) in [5.74, 6) is 6.18. The lowest BCUT2D eigenvalue weighted by Crippen LogP contribution is -1.70. The van der Waals surface area contributed by atoms with Crippen molar-refractivity contribution in [3.63, 3.8) is 0 Å². The largest absolute Gasteiger partial charge is 0.143 e. The minimum absolute atomic E-state index is 1.13. The van der Waals surface area contributed by atoms with E-state index in [4.69, 9.17) is 0 Å². The summed E-state index contributed by atoms with van der Waals surface area (Å²) < 4.78 is 0. The van der Waals surface area contributed by atoms with Gasteiger partial charge in [-0.15, -0.1) is 22.7 Å². The summed E-state index contributed by atoms with van der Waals surface area (Å²) in [5, 5.41) is 4.19. The van der Waals surface area contributed by atoms with Gasteiger partial charge in [-0.1, -0.05) is 24.0 Å². The van der Waals surface area contributed by atoms with Crippen molar-refractivity contribution in [1.82, 2.24) is 0 Å². The fourth-order valence-corrected chi connectivity index (χ4v) is 2.95. The van der Waals surface area contributed by atoms with E-state index in [2.05, 4.69) is 40.8 Å². The molecular formula is C13H10S2. The zero-order chi connectivity index (χ0) is 10.5. The molecule has 0 amide bonds. The first-order valence-electron chi connectivity index (χ1n) is 4.66. The van der Waals surface area contributed by atoms with Crippen LogP contribution >= 0.6 is 22.7 Å². The molecule has 74 valence electrons. The lowest BCUT2D eigenvalue weighted by Gasteiger charge is -1.91. The van der Waals surface area contributed by atoms with E-state index in [9.17, 15) is 0 Å². The molecule has 2 heterocycles. The van der Waals surface area contributed by atoms with Crippen molar-refractivity contribution in [2.24, 2.45) is 0 Å². The monoisotopic (exact) mass is 230 g/mol. The average molecular weight is 230 g/mol. The second kappa shape index (κ2) is 4.97. The summed E-state index contributed by atoms with van der Waals surface area (Å²) in [6, 6.07) is 6.29. The Labute approximate surface area is 97.9 Å². The van der Waals surface area contributed by atoms with Crippen LogP contribution in [0.4, 0.5) is 0 Å². The van der Waals surface area contributed by atoms with Crippen molar-refractivity contribution in [3.05, 3.63) is 46.7 Å². The van der Waals surface area contributed by atoms with Crippen LogP contribution in [0.1, 0.15) is 12.5 Å². The number of hydrogen-bond donors (Lipinski definition) is 0. The molecule has 0 spiro atoms. The van der Waals surface area contributed by atoms with Gasteiger partial charge in [-0.3, -0.25) is 0 Å². The van der Waals surface area contributed by atoms with E-state index in [1.165, 1.54) is 9.75 Å². The third kappa shape index (κ3) is 2.38. The highest BCUT2D eigenvalue weighted by Gasteiger charge is 2.04. The Kier molecular flexibility index (Phi) is 3.39. The average Bonchev–Trinajstić information content (AvgIpc) is 2.87. The molecule has 0 aliphatic heterocycles. The van der Waals surface area contributed by atoms with Crippen LogP contribution in [0, 0.1) is 11.8 Å². The molecule has 0 atom stereocenters. The predicted octanol–water partition coefficient (Wildman–Crippen LogP) is 4.40. The second-order valence-electron chi connectivity index (χ2n) is 2.91. The molecule has 0 saturated carbocycles. The van der Waals surface area contributed by atoms with Crippen LogP contribution < -0.4 is 0 Å². The van der Waals surface area contributed by atoms with Crippen LogP contribution in [0.2, 0.25) is 0 Å². The molecule has 2 aromatic rings. The Balaban J connectivity index is 2.36. The smallest absolute Gasteiger partial charge is 0.0599 e. The molecule has 2 rings (SSSR count). The highest BCUT2D eigenvalue weighted by molar-refractivity contribution is 7.20. The van der Waals surface area contributed by atoms with Gasteiger partial charge >= 0.3 is 0 Å². The van der Waals surface area contributed by atoms with Crippen molar-refractivity contribution in [2.45, 2.75) is 6.92 Å². The highest BCUT2D eigenvalue weighted by Crippen LogP contribution is 2.32. The van der Waals surface area contributed by atoms with Crippen LogP contribution in [-0.4, -0.2) is 0 Å². The summed E-state index contributed by atoms with van der Waals surface area (Å²) in [6.45, 7) is 1.97. The lowest BCUT2D eigenvalue weighted by molar-refractivity contribution is 1.75. The second-order valence-corrected chi connectivity index (χ2v) is 4.77. The maximum absolute atomic E-state index is 3.16. The standard InChI is InChI=1S/C13H10S2/c1-2-3-4-6-11-8-10-15-13(11)12-7-5-9-14-12/h2-3,5,7-10H,1H3. The summed E-state index contributed by atoms with van der Waals surface area (Å²) in [5.41, 5.74) is 1.13. The van der Waals surface area contributed by atoms with E-state index >= 15 is 0 Å². The van der Waals surface area contributed by atoms with Gasteiger partial charge in [-0.2, -0.15) is 0 Å². The molecular weight excluding hydrogens is 220 g/mol. The SMILES string of the molecule is CC=CC#Cc1ccsc1-c1cccs1. The Morgan fingerprint density at radius 2 is 2.13 bits per heavy atom. The lowest BCUT2D eigenvalue weighted by atomic mass is 10.2. The maximum Gasteiger partial charge on any atom is 0.0599 e. The first-order chi connectivity index (χ1) is 7.42. The molecule has 0 radical (unpaired) electrons. The third-order valence-electron chi connectivity index (χ3n) is 1.87. The molecule has 0 unspecified atom stereocenters. The first-order valence-corrected chi connectivity index (χ1v) is 6.42. The normalized spacial score (nSPS) is 10.2. The number of hydrogen-bond acceptors (Lipinski definition) is 2. The fraction of sp³-hybridized carbons (Fsp3) is 0.0769. The zero-order valence-corrected chi connectivity index (χ0v) is 9.99. The van der Waals surface area contributed by atoms with Crippen molar-refractivity contribution in [2.75, 3.05) is 0 Å². The van der Waals surface area contributed by atoms with E-state index in [1.807, 2.05) is 19.1 Å². The van der Waals surface area contributed by atoms with Crippen molar-refractivity contribution in [3.8, 4) is 21.6 Å². The molecule has 0 N–H and O–H groups in total. The number of rotatable bonds is 1. The summed E-state index contributed by atoms with van der Waals surface area (Å²) in [7, 11) is 0. The fourth-order valence-electron chi connectivity index (χ4n) is 1.21. The van der Waals surface area contributed by atoms with Gasteiger partial charge in [-0.05, 0) is 35.9 Å². The molecule has 0 fully saturated rings. The Bertz CT molecular complexity index is 504. The number of allylic oxidation sites excluding steroid dienone is 2. The summed E-state index contributed by atoms with van der Waals surface area (Å²) in [6.07, 6.45) is 3.82. The van der Waals surface area contributed by atoms with E-state index < -0.39 is 0 Å². The minimum Gasteiger partial charge on any atom is -0.143 e. The Morgan fingerprint density at radius 1 is 1.20 bits per heavy atom. The van der Waals surface area contributed by atoms with Crippen LogP contribution in [-0.2, 0) is 0 Å². The Morgan fingerprint density at radius 3 is 2.87 bits per heavy atom. The van der Waals surface area contributed by atoms with Gasteiger partial charge in [0, 0.05) is 10.4 Å². The first kappa shape index (κ1) is 10.2. The van der Waals surface area contributed by atoms with Gasteiger partial charge in [0.1, 0.15) is 0 Å². The molecule has 0 bridgehead atoms. The van der Waals surface area contributed by atoms with Crippen LogP contribution in [0.3, 0.4) is 0 Å². The molecule has 0 aromatic carbocycles. The number of thiophene rings is 2. The molecule has 2 aromatic heterocycles. The van der Waals surface area contributed by atoms with Gasteiger partial charge in [0.15, 0.2) is 0 Å². The van der Waals surface area contributed by atoms with Crippen LogP contribution in [0.5, 0.6) is 0 Å². The predicted molar refractivity (Wildman–Crippen MR) is 69.3 cm³/mol. The molecule has 0 aliphatic carbocycles. The zero-order valence-electron chi connectivity index (χ0n) is 8.36. The van der Waals surface area contributed by atoms with Crippen LogP contribution in [0.25, 0.3) is 9.75 Å². The molecule has 0 nitrogen and oxygen atoms in total. The van der Waals surface area contributed by atoms with Gasteiger partial charge in [0.05, 0.1) is 4.88 Å². The molecule has 0 saturated heterocycles. The Hall–Kier alpha value is -1.30. The van der Waals surface area contributed by atoms with E-state index in [0.29, 0.717) is 0 Å². The summed E-state index contributed by atoms with van der Waals surface area (Å²) in [4.78, 5) is 2.58. The van der Waals surface area contributed by atoms with Crippen molar-refractivity contribution in [1.29, 1.82) is 0 Å². The quantitative estimate of drug-likeness (QED) is 0.637. The third-order valence-corrected chi connectivity index (χ3v) is 3.83. The molecule has 0 aliphatic rings. The van der Waals surface area contributed by atoms with Crippen molar-refractivity contribution >= 4 is 22.7 Å². The van der Waals surface area contributed by atoms with Gasteiger partial charge < -0.3 is 0 Å². The maximum atomic E-state index is 3.16. The highest BCUT2D eigenvalue weighted by atomic mass is 32.1. The topological polar surface area (TPSA) is 0 Å². The molecule has 15 heavy (non-hydrogen) atoms. The van der Waals surface area contributed by atoms with Gasteiger partial charge in [0.2, 0.25) is 0 Å². The van der Waals surface area contributed by atoms with E-state index in [0.717, 1.165) is 5.56 Å². The van der Waals surface area contributed by atoms with E-state index in [-0.39, 0.29) is 0 Å². The van der Waals surface area contributed by atoms with Gasteiger partial charge in [0.25, 0.3) is 0 Å². The van der Waals surface area contributed by atoms with Gasteiger partial charge in [-0.25, -0.2) is 0 Å².